The first-order valence-corrected chi connectivity index (χ1v) is 7.79. The number of anilines is 1. The van der Waals surface area contributed by atoms with Gasteiger partial charge in [-0.15, -0.1) is 0 Å². The summed E-state index contributed by atoms with van der Waals surface area (Å²) >= 11 is 0. The second-order valence-corrected chi connectivity index (χ2v) is 5.20. The molecule has 152 valence electrons. The van der Waals surface area contributed by atoms with Gasteiger partial charge in [-0.25, -0.2) is 34.6 Å². The number of aromatic nitrogens is 1. The summed E-state index contributed by atoms with van der Waals surface area (Å²) in [6.07, 6.45) is -2.29. The zero-order valence-corrected chi connectivity index (χ0v) is 15.6. The molecule has 2 heterocycles. The molecule has 0 bridgehead atoms. The number of carbonyl (C=O) groups excluding carboxylic acids is 4. The molecule has 4 amide bonds. The lowest BCUT2D eigenvalue weighted by Crippen LogP contribution is -2.60. The van der Waals surface area contributed by atoms with Gasteiger partial charge in [-0.1, -0.05) is 0 Å². The lowest BCUT2D eigenvalue weighted by atomic mass is 10.1. The lowest BCUT2D eigenvalue weighted by molar-refractivity contribution is 0.0444. The van der Waals surface area contributed by atoms with Gasteiger partial charge in [0.05, 0.1) is 46.4 Å². The second kappa shape index (κ2) is 8.75. The van der Waals surface area contributed by atoms with Crippen molar-refractivity contribution < 1.29 is 38.1 Å². The van der Waals surface area contributed by atoms with E-state index in [2.05, 4.69) is 15.1 Å². The SMILES string of the molecule is COC(=O)NN(C(=O)OC)C1CN(C(=O)OC)N(C(=O)OC)c2cccnc21. The minimum absolute atomic E-state index is 0.136. The van der Waals surface area contributed by atoms with Gasteiger partial charge in [0.2, 0.25) is 0 Å². The fourth-order valence-corrected chi connectivity index (χ4v) is 2.55. The molecule has 0 aliphatic carbocycles. The van der Waals surface area contributed by atoms with Crippen molar-refractivity contribution >= 4 is 30.1 Å². The van der Waals surface area contributed by atoms with Gasteiger partial charge in [0.1, 0.15) is 6.04 Å². The van der Waals surface area contributed by atoms with E-state index in [1.165, 1.54) is 18.3 Å². The third kappa shape index (κ3) is 3.82. The summed E-state index contributed by atoms with van der Waals surface area (Å²) in [5.74, 6) is 0. The number of ether oxygens (including phenoxy) is 4. The number of fused-ring (bicyclic) bond motifs is 1. The van der Waals surface area contributed by atoms with Crippen LogP contribution in [-0.4, -0.2) is 74.4 Å². The van der Waals surface area contributed by atoms with E-state index in [0.29, 0.717) is 0 Å². The van der Waals surface area contributed by atoms with Gasteiger partial charge in [0, 0.05) is 6.20 Å². The maximum absolute atomic E-state index is 12.3. The van der Waals surface area contributed by atoms with E-state index in [4.69, 9.17) is 14.2 Å². The zero-order chi connectivity index (χ0) is 20.8. The smallest absolute Gasteiger partial charge is 0.433 e. The van der Waals surface area contributed by atoms with Crippen LogP contribution in [0.4, 0.5) is 24.9 Å². The van der Waals surface area contributed by atoms with Crippen molar-refractivity contribution in [3.63, 3.8) is 0 Å². The van der Waals surface area contributed by atoms with E-state index >= 15 is 0 Å². The fraction of sp³-hybridized carbons (Fsp3) is 0.400. The Morgan fingerprint density at radius 3 is 2.32 bits per heavy atom. The summed E-state index contributed by atoms with van der Waals surface area (Å²) in [4.78, 5) is 52.7. The molecule has 13 nitrogen and oxygen atoms in total. The van der Waals surface area contributed by atoms with Gasteiger partial charge in [0.15, 0.2) is 0 Å². The summed E-state index contributed by atoms with van der Waals surface area (Å²) in [6.45, 7) is -0.315. The van der Waals surface area contributed by atoms with Crippen LogP contribution in [0.3, 0.4) is 0 Å². The summed E-state index contributed by atoms with van der Waals surface area (Å²) in [7, 11) is 4.47. The maximum atomic E-state index is 12.3. The van der Waals surface area contributed by atoms with E-state index in [9.17, 15) is 19.2 Å². The predicted molar refractivity (Wildman–Crippen MR) is 90.8 cm³/mol. The van der Waals surface area contributed by atoms with Gasteiger partial charge in [-0.05, 0) is 12.1 Å². The first kappa shape index (κ1) is 20.5. The first-order valence-electron chi connectivity index (χ1n) is 7.79. The molecule has 1 aliphatic rings. The third-order valence-corrected chi connectivity index (χ3v) is 3.76. The predicted octanol–water partition coefficient (Wildman–Crippen LogP) is 1.03. The molecule has 1 aliphatic heterocycles. The van der Waals surface area contributed by atoms with Crippen molar-refractivity contribution in [2.75, 3.05) is 40.0 Å². The van der Waals surface area contributed by atoms with Crippen LogP contribution >= 0.6 is 0 Å². The zero-order valence-electron chi connectivity index (χ0n) is 15.6. The second-order valence-electron chi connectivity index (χ2n) is 5.20. The number of hydrogen-bond acceptors (Lipinski definition) is 9. The molecule has 1 atom stereocenters. The van der Waals surface area contributed by atoms with Gasteiger partial charge >= 0.3 is 24.4 Å². The number of nitrogens with one attached hydrogen (secondary N) is 1. The van der Waals surface area contributed by atoms with E-state index < -0.39 is 30.4 Å². The van der Waals surface area contributed by atoms with Crippen LogP contribution in [0.15, 0.2) is 18.3 Å². The fourth-order valence-electron chi connectivity index (χ4n) is 2.55. The molecular weight excluding hydrogens is 378 g/mol. The minimum Gasteiger partial charge on any atom is -0.452 e. The molecule has 0 saturated heterocycles. The molecule has 0 aromatic carbocycles. The Kier molecular flexibility index (Phi) is 6.42. The van der Waals surface area contributed by atoms with E-state index in [1.807, 2.05) is 0 Å². The van der Waals surface area contributed by atoms with Crippen molar-refractivity contribution in [2.45, 2.75) is 6.04 Å². The number of hydrazine groups is 2. The number of hydrogen-bond donors (Lipinski definition) is 1. The highest BCUT2D eigenvalue weighted by Crippen LogP contribution is 2.35. The van der Waals surface area contributed by atoms with Crippen LogP contribution in [-0.2, 0) is 18.9 Å². The number of amides is 4. The largest absolute Gasteiger partial charge is 0.452 e. The van der Waals surface area contributed by atoms with Crippen molar-refractivity contribution in [3.8, 4) is 0 Å². The van der Waals surface area contributed by atoms with Gasteiger partial charge in [-0.2, -0.15) is 5.01 Å². The highest BCUT2D eigenvalue weighted by atomic mass is 16.6. The average molecular weight is 397 g/mol. The molecule has 1 aromatic rings. The standard InChI is InChI=1S/C15H19N5O8/c1-25-12(21)17-19(14(23)27-3)10-8-18(13(22)26-2)20(15(24)28-4)9-6-5-7-16-11(9)10/h5-7,10H,8H2,1-4H3,(H,17,21). The minimum atomic E-state index is -1.04. The molecule has 1 aromatic heterocycles. The lowest BCUT2D eigenvalue weighted by Gasteiger charge is -2.42. The highest BCUT2D eigenvalue weighted by Gasteiger charge is 2.44. The number of methoxy groups -OCH3 is 4. The Morgan fingerprint density at radius 1 is 1.07 bits per heavy atom. The number of nitrogens with zero attached hydrogens (tertiary/aromatic N) is 4. The van der Waals surface area contributed by atoms with Crippen LogP contribution in [0, 0.1) is 0 Å². The number of carbonyl (C=O) groups is 4. The van der Waals surface area contributed by atoms with Crippen LogP contribution in [0.5, 0.6) is 0 Å². The Balaban J connectivity index is 2.59. The molecule has 13 heteroatoms. The van der Waals surface area contributed by atoms with Gasteiger partial charge in [-0.3, -0.25) is 4.98 Å². The Morgan fingerprint density at radius 2 is 1.75 bits per heavy atom. The van der Waals surface area contributed by atoms with Gasteiger partial charge in [0.25, 0.3) is 0 Å². The monoisotopic (exact) mass is 397 g/mol. The quantitative estimate of drug-likeness (QED) is 0.543. The summed E-state index contributed by atoms with van der Waals surface area (Å²) < 4.78 is 18.7. The Hall–Kier alpha value is -3.77. The highest BCUT2D eigenvalue weighted by molar-refractivity contribution is 5.92. The normalized spacial score (nSPS) is 15.1. The van der Waals surface area contributed by atoms with Crippen LogP contribution < -0.4 is 10.4 Å². The van der Waals surface area contributed by atoms with E-state index in [-0.39, 0.29) is 17.9 Å². The van der Waals surface area contributed by atoms with Crippen LogP contribution in [0.25, 0.3) is 0 Å². The van der Waals surface area contributed by atoms with Crippen LogP contribution in [0.1, 0.15) is 11.7 Å². The van der Waals surface area contributed by atoms with Crippen molar-refractivity contribution in [1.29, 1.82) is 0 Å². The molecule has 0 radical (unpaired) electrons. The van der Waals surface area contributed by atoms with Gasteiger partial charge < -0.3 is 18.9 Å². The first-order chi connectivity index (χ1) is 13.4. The van der Waals surface area contributed by atoms with E-state index in [0.717, 1.165) is 43.5 Å². The van der Waals surface area contributed by atoms with Crippen molar-refractivity contribution in [1.82, 2.24) is 20.4 Å². The van der Waals surface area contributed by atoms with Crippen LogP contribution in [0.2, 0.25) is 0 Å². The molecule has 1 N–H and O–H groups in total. The summed E-state index contributed by atoms with van der Waals surface area (Å²) in [5.41, 5.74) is 2.53. The molecule has 28 heavy (non-hydrogen) atoms. The molecular formula is C15H19N5O8. The number of rotatable bonds is 1. The Bertz CT molecular complexity index is 773. The van der Waals surface area contributed by atoms with Crippen molar-refractivity contribution in [3.05, 3.63) is 24.0 Å². The Labute approximate surface area is 159 Å². The summed E-state index contributed by atoms with van der Waals surface area (Å²) in [5, 5.41) is 2.61. The number of pyridine rings is 1. The molecule has 0 fully saturated rings. The molecule has 0 saturated carbocycles. The average Bonchev–Trinajstić information content (AvgIpc) is 2.74. The molecule has 0 spiro atoms. The topological polar surface area (TPSA) is 140 Å². The maximum Gasteiger partial charge on any atom is 0.433 e. The molecule has 1 unspecified atom stereocenters. The third-order valence-electron chi connectivity index (χ3n) is 3.76. The van der Waals surface area contributed by atoms with E-state index in [1.54, 1.807) is 0 Å². The van der Waals surface area contributed by atoms with Crippen molar-refractivity contribution in [2.24, 2.45) is 0 Å². The summed E-state index contributed by atoms with van der Waals surface area (Å²) in [6, 6.07) is 1.96. The molecule has 2 rings (SSSR count).